The first-order chi connectivity index (χ1) is 14.4. The van der Waals surface area contributed by atoms with Crippen molar-refractivity contribution >= 4 is 17.5 Å². The summed E-state index contributed by atoms with van der Waals surface area (Å²) in [5, 5.41) is 2.83. The van der Waals surface area contributed by atoms with Crippen LogP contribution in [0.4, 0.5) is 14.5 Å². The van der Waals surface area contributed by atoms with E-state index in [-0.39, 0.29) is 29.7 Å². The highest BCUT2D eigenvalue weighted by atomic mass is 19.3. The van der Waals surface area contributed by atoms with Crippen molar-refractivity contribution in [3.05, 3.63) is 53.6 Å². The Hall–Kier alpha value is -3.16. The van der Waals surface area contributed by atoms with Crippen molar-refractivity contribution in [3.63, 3.8) is 0 Å². The van der Waals surface area contributed by atoms with Gasteiger partial charge in [0.15, 0.2) is 11.5 Å². The van der Waals surface area contributed by atoms with Gasteiger partial charge in [0, 0.05) is 25.2 Å². The minimum Gasteiger partial charge on any atom is -0.493 e. The van der Waals surface area contributed by atoms with Crippen molar-refractivity contribution in [2.24, 2.45) is 5.92 Å². The summed E-state index contributed by atoms with van der Waals surface area (Å²) in [5.74, 6) is -0.541. The molecule has 1 heterocycles. The molecule has 0 saturated carbocycles. The zero-order chi connectivity index (χ0) is 21.7. The maximum Gasteiger partial charge on any atom is 0.387 e. The standard InChI is InChI=1S/C22H24F2N2O4/c1-14-3-6-17(7-4-14)26-13-16(12-20(26)27)21(28)25-10-9-15-5-8-18(29-2)19(11-15)30-22(23)24/h3-8,11,16,22H,9-10,12-13H2,1-2H3,(H,25,28). The minimum atomic E-state index is -2.95. The topological polar surface area (TPSA) is 67.9 Å². The number of alkyl halides is 2. The molecule has 6 nitrogen and oxygen atoms in total. The SMILES string of the molecule is COc1ccc(CCNC(=O)C2CC(=O)N(c3ccc(C)cc3)C2)cc1OC(F)F. The first kappa shape index (κ1) is 21.5. The van der Waals surface area contributed by atoms with Gasteiger partial charge in [0.25, 0.3) is 0 Å². The van der Waals surface area contributed by atoms with Gasteiger partial charge in [0.1, 0.15) is 0 Å². The van der Waals surface area contributed by atoms with Gasteiger partial charge in [-0.3, -0.25) is 9.59 Å². The summed E-state index contributed by atoms with van der Waals surface area (Å²) < 4.78 is 34.6. The van der Waals surface area contributed by atoms with E-state index in [1.54, 1.807) is 17.0 Å². The molecule has 1 saturated heterocycles. The van der Waals surface area contributed by atoms with E-state index in [4.69, 9.17) is 4.74 Å². The summed E-state index contributed by atoms with van der Waals surface area (Å²) in [5.41, 5.74) is 2.60. The number of hydrogen-bond acceptors (Lipinski definition) is 4. The van der Waals surface area contributed by atoms with Crippen molar-refractivity contribution in [2.45, 2.75) is 26.4 Å². The molecule has 1 atom stereocenters. The predicted molar refractivity (Wildman–Crippen MR) is 108 cm³/mol. The van der Waals surface area contributed by atoms with E-state index < -0.39 is 12.5 Å². The van der Waals surface area contributed by atoms with Crippen LogP contribution >= 0.6 is 0 Å². The summed E-state index contributed by atoms with van der Waals surface area (Å²) in [7, 11) is 1.37. The van der Waals surface area contributed by atoms with Crippen LogP contribution in [-0.4, -0.2) is 38.6 Å². The van der Waals surface area contributed by atoms with Gasteiger partial charge in [-0.1, -0.05) is 23.8 Å². The first-order valence-corrected chi connectivity index (χ1v) is 9.64. The number of aryl methyl sites for hydroxylation is 1. The quantitative estimate of drug-likeness (QED) is 0.714. The van der Waals surface area contributed by atoms with E-state index in [0.717, 1.165) is 16.8 Å². The molecule has 160 valence electrons. The second-order valence-corrected chi connectivity index (χ2v) is 7.15. The molecule has 1 unspecified atom stereocenters. The van der Waals surface area contributed by atoms with E-state index >= 15 is 0 Å². The van der Waals surface area contributed by atoms with Crippen LogP contribution in [-0.2, 0) is 16.0 Å². The zero-order valence-corrected chi connectivity index (χ0v) is 16.9. The van der Waals surface area contributed by atoms with Crippen LogP contribution in [0.2, 0.25) is 0 Å². The molecule has 0 radical (unpaired) electrons. The highest BCUT2D eigenvalue weighted by Gasteiger charge is 2.34. The fourth-order valence-electron chi connectivity index (χ4n) is 3.40. The molecule has 1 fully saturated rings. The first-order valence-electron chi connectivity index (χ1n) is 9.64. The number of rotatable bonds is 8. The van der Waals surface area contributed by atoms with Crippen molar-refractivity contribution in [2.75, 3.05) is 25.1 Å². The van der Waals surface area contributed by atoms with Crippen LogP contribution < -0.4 is 19.7 Å². The van der Waals surface area contributed by atoms with Crippen molar-refractivity contribution in [1.29, 1.82) is 0 Å². The molecule has 1 aliphatic heterocycles. The summed E-state index contributed by atoms with van der Waals surface area (Å²) in [6.07, 6.45) is 0.590. The Labute approximate surface area is 173 Å². The third-order valence-electron chi connectivity index (χ3n) is 5.00. The van der Waals surface area contributed by atoms with E-state index in [1.165, 1.54) is 13.2 Å². The number of ether oxygens (including phenoxy) is 2. The molecule has 1 N–H and O–H groups in total. The van der Waals surface area contributed by atoms with Gasteiger partial charge in [-0.2, -0.15) is 8.78 Å². The minimum absolute atomic E-state index is 0.0496. The van der Waals surface area contributed by atoms with Crippen LogP contribution in [0.5, 0.6) is 11.5 Å². The smallest absolute Gasteiger partial charge is 0.387 e. The third-order valence-corrected chi connectivity index (χ3v) is 5.00. The zero-order valence-electron chi connectivity index (χ0n) is 16.9. The second kappa shape index (κ2) is 9.56. The lowest BCUT2D eigenvalue weighted by Crippen LogP contribution is -2.34. The molecule has 8 heteroatoms. The molecule has 2 amide bonds. The maximum atomic E-state index is 12.5. The van der Waals surface area contributed by atoms with Crippen LogP contribution in [0.25, 0.3) is 0 Å². The summed E-state index contributed by atoms with van der Waals surface area (Å²) in [6.45, 7) is -0.334. The van der Waals surface area contributed by atoms with Crippen molar-refractivity contribution in [3.8, 4) is 11.5 Å². The molecule has 0 aliphatic carbocycles. The second-order valence-electron chi connectivity index (χ2n) is 7.15. The van der Waals surface area contributed by atoms with Crippen molar-refractivity contribution < 1.29 is 27.8 Å². The average Bonchev–Trinajstić information content (AvgIpc) is 3.10. The fraction of sp³-hybridized carbons (Fsp3) is 0.364. The Kier molecular flexibility index (Phi) is 6.87. The lowest BCUT2D eigenvalue weighted by molar-refractivity contribution is -0.126. The van der Waals surface area contributed by atoms with Crippen LogP contribution in [0.3, 0.4) is 0 Å². The number of benzene rings is 2. The van der Waals surface area contributed by atoms with Gasteiger partial charge in [-0.05, 0) is 43.2 Å². The number of carbonyl (C=O) groups is 2. The monoisotopic (exact) mass is 418 g/mol. The molecular formula is C22H24F2N2O4. The van der Waals surface area contributed by atoms with Gasteiger partial charge in [0.05, 0.1) is 13.0 Å². The largest absolute Gasteiger partial charge is 0.493 e. The Morgan fingerprint density at radius 1 is 1.20 bits per heavy atom. The summed E-state index contributed by atoms with van der Waals surface area (Å²) in [4.78, 5) is 26.4. The fourth-order valence-corrected chi connectivity index (χ4v) is 3.40. The molecule has 2 aromatic carbocycles. The predicted octanol–water partition coefficient (Wildman–Crippen LogP) is 3.32. The highest BCUT2D eigenvalue weighted by Crippen LogP contribution is 2.30. The average molecular weight is 418 g/mol. The Bertz CT molecular complexity index is 903. The van der Waals surface area contributed by atoms with Gasteiger partial charge < -0.3 is 19.7 Å². The molecule has 30 heavy (non-hydrogen) atoms. The van der Waals surface area contributed by atoms with Gasteiger partial charge in [0.2, 0.25) is 11.8 Å². The lowest BCUT2D eigenvalue weighted by Gasteiger charge is -2.17. The molecule has 0 aromatic heterocycles. The molecule has 2 aromatic rings. The van der Waals surface area contributed by atoms with Crippen LogP contribution in [0.1, 0.15) is 17.5 Å². The van der Waals surface area contributed by atoms with Gasteiger partial charge >= 0.3 is 6.61 Å². The number of amides is 2. The Morgan fingerprint density at radius 2 is 1.93 bits per heavy atom. The van der Waals surface area contributed by atoms with Crippen molar-refractivity contribution in [1.82, 2.24) is 5.32 Å². The van der Waals surface area contributed by atoms with E-state index in [1.807, 2.05) is 31.2 Å². The third kappa shape index (κ3) is 5.25. The number of hydrogen-bond donors (Lipinski definition) is 1. The number of anilines is 1. The van der Waals surface area contributed by atoms with Gasteiger partial charge in [-0.15, -0.1) is 0 Å². The Morgan fingerprint density at radius 3 is 2.60 bits per heavy atom. The molecular weight excluding hydrogens is 394 g/mol. The normalized spacial score (nSPS) is 16.1. The summed E-state index contributed by atoms with van der Waals surface area (Å²) in [6, 6.07) is 12.3. The van der Waals surface area contributed by atoms with E-state index in [9.17, 15) is 18.4 Å². The molecule has 1 aliphatic rings. The van der Waals surface area contributed by atoms with E-state index in [2.05, 4.69) is 10.1 Å². The number of halogens is 2. The van der Waals surface area contributed by atoms with Crippen LogP contribution in [0, 0.1) is 12.8 Å². The summed E-state index contributed by atoms with van der Waals surface area (Å²) >= 11 is 0. The lowest BCUT2D eigenvalue weighted by atomic mass is 10.1. The number of nitrogens with one attached hydrogen (secondary N) is 1. The van der Waals surface area contributed by atoms with E-state index in [0.29, 0.717) is 19.5 Å². The number of methoxy groups -OCH3 is 1. The molecule has 0 bridgehead atoms. The number of nitrogens with zero attached hydrogens (tertiary/aromatic N) is 1. The molecule has 3 rings (SSSR count). The van der Waals surface area contributed by atoms with Gasteiger partial charge in [-0.25, -0.2) is 0 Å². The van der Waals surface area contributed by atoms with Crippen LogP contribution in [0.15, 0.2) is 42.5 Å². The number of carbonyl (C=O) groups excluding carboxylic acids is 2. The molecule has 0 spiro atoms. The maximum absolute atomic E-state index is 12.5. The Balaban J connectivity index is 1.54. The highest BCUT2D eigenvalue weighted by molar-refractivity contribution is 6.00.